The summed E-state index contributed by atoms with van der Waals surface area (Å²) in [6, 6.07) is 17.9. The van der Waals surface area contributed by atoms with Gasteiger partial charge in [-0.15, -0.1) is 33.5 Å². The van der Waals surface area contributed by atoms with Crippen molar-refractivity contribution < 1.29 is 74.9 Å². The van der Waals surface area contributed by atoms with Crippen LogP contribution in [0.3, 0.4) is 0 Å². The molecule has 0 atom stereocenters. The van der Waals surface area contributed by atoms with E-state index in [9.17, 15) is 31.0 Å². The smallest absolute Gasteiger partial charge is 0.296 e. The van der Waals surface area contributed by atoms with E-state index in [0.29, 0.717) is 62.4 Å². The Labute approximate surface area is 326 Å². The highest BCUT2D eigenvalue weighted by atomic mass is 32.2. The quantitative estimate of drug-likeness (QED) is 0.0126. The van der Waals surface area contributed by atoms with E-state index in [2.05, 4.69) is 48.6 Å². The van der Waals surface area contributed by atoms with E-state index >= 15 is 0 Å². The van der Waals surface area contributed by atoms with Gasteiger partial charge in [-0.05, 0) is 72.1 Å². The Morgan fingerprint density at radius 1 is 0.554 bits per heavy atom. The first-order valence-electron chi connectivity index (χ1n) is 14.7. The summed E-state index contributed by atoms with van der Waals surface area (Å²) in [6.45, 7) is 0. The normalized spacial score (nSPS) is 12.6. The third-order valence-electron chi connectivity index (χ3n) is 7.62. The lowest BCUT2D eigenvalue weighted by atomic mass is 10.1. The van der Waals surface area contributed by atoms with Crippen LogP contribution in [0.4, 0.5) is 28.4 Å². The van der Waals surface area contributed by atoms with Gasteiger partial charge in [0.05, 0.1) is 68.7 Å². The Kier molecular flexibility index (Phi) is 12.7. The van der Waals surface area contributed by atoms with E-state index in [1.165, 1.54) is 24.3 Å². The predicted octanol–water partition coefficient (Wildman–Crippen LogP) is 9.04. The second-order valence-corrected chi connectivity index (χ2v) is 15.9. The van der Waals surface area contributed by atoms with Crippen molar-refractivity contribution in [1.29, 1.82) is 0 Å². The molecular weight excluding hydrogens is 847 g/mol. The van der Waals surface area contributed by atoms with Crippen molar-refractivity contribution in [2.45, 2.75) is 24.5 Å². The van der Waals surface area contributed by atoms with Gasteiger partial charge in [0.15, 0.2) is 5.75 Å². The summed E-state index contributed by atoms with van der Waals surface area (Å²) in [5.74, 6) is -0.593. The van der Waals surface area contributed by atoms with E-state index in [4.69, 9.17) is 21.5 Å². The van der Waals surface area contributed by atoms with Gasteiger partial charge in [0.25, 0.3) is 20.2 Å². The fourth-order valence-electron chi connectivity index (χ4n) is 5.27. The molecule has 0 spiro atoms. The molecule has 0 aromatic heterocycles. The van der Waals surface area contributed by atoms with E-state index in [1.807, 2.05) is 0 Å². The summed E-state index contributed by atoms with van der Waals surface area (Å²) in [7, 11) is -9.48. The number of hydrogen-bond donors (Lipinski definition) is 7. The Bertz CT molecular complexity index is 2770. The summed E-state index contributed by atoms with van der Waals surface area (Å²) in [6.07, 6.45) is 0. The van der Waals surface area contributed by atoms with Crippen LogP contribution < -0.4 is 5.73 Å². The summed E-state index contributed by atoms with van der Waals surface area (Å²) < 4.78 is 81.0. The molecule has 26 heteroatoms. The predicted molar refractivity (Wildman–Crippen MR) is 198 cm³/mol. The molecule has 0 amide bonds. The number of nitrogens with two attached hydrogens (primary N) is 1. The van der Waals surface area contributed by atoms with Crippen LogP contribution in [0.2, 0.25) is 0 Å². The summed E-state index contributed by atoms with van der Waals surface area (Å²) in [5.41, 5.74) is 5.66. The molecule has 0 heterocycles. The molecule has 0 saturated carbocycles. The molecular formula is C30H21N5O16S5. The van der Waals surface area contributed by atoms with Gasteiger partial charge < -0.3 is 10.8 Å². The molecule has 6 aromatic rings. The molecule has 0 bridgehead atoms. The maximum atomic E-state index is 12.1. The Hall–Kier alpha value is -4.59. The first-order valence-corrected chi connectivity index (χ1v) is 19.8. The number of fused-ring (bicyclic) bond motifs is 3. The minimum Gasteiger partial charge on any atom is -0.505 e. The highest BCUT2D eigenvalue weighted by Gasteiger charge is 2.21. The van der Waals surface area contributed by atoms with Gasteiger partial charge in [0.2, 0.25) is 0 Å². The second-order valence-electron chi connectivity index (χ2n) is 10.8. The van der Waals surface area contributed by atoms with Crippen LogP contribution in [0, 0.1) is 0 Å². The molecule has 56 heavy (non-hydrogen) atoms. The van der Waals surface area contributed by atoms with Gasteiger partial charge in [-0.1, -0.05) is 27.2 Å². The van der Waals surface area contributed by atoms with E-state index < -0.39 is 41.5 Å². The minimum atomic E-state index is -4.76. The number of nitrogens with zero attached hydrogens (tertiary/aromatic N) is 4. The number of phenolic OH excluding ortho intramolecular Hbond substituents is 1. The van der Waals surface area contributed by atoms with Crippen molar-refractivity contribution >= 4 is 117 Å². The SMILES string of the molecule is Nc1cc2c(O)c(N=Nc3ccc(N=Nc4ccc(SOOO)c5cc(SOOO)ccc45)c4ccc(S(=O)(=O)O)cc34)c(SOOO)cc2cc1S(=O)(=O)O. The van der Waals surface area contributed by atoms with Gasteiger partial charge in [-0.3, -0.25) is 9.11 Å². The lowest BCUT2D eigenvalue weighted by Crippen LogP contribution is -2.03. The van der Waals surface area contributed by atoms with Crippen LogP contribution in [0.5, 0.6) is 5.75 Å². The molecule has 0 fully saturated rings. The molecule has 0 unspecified atom stereocenters. The number of phenols is 1. The van der Waals surface area contributed by atoms with Crippen LogP contribution in [0.1, 0.15) is 0 Å². The molecule has 0 aliphatic carbocycles. The number of azo groups is 2. The zero-order chi connectivity index (χ0) is 40.2. The molecule has 0 radical (unpaired) electrons. The molecule has 6 aromatic carbocycles. The second kappa shape index (κ2) is 17.3. The fraction of sp³-hybridized carbons (Fsp3) is 0. The van der Waals surface area contributed by atoms with E-state index in [0.717, 1.165) is 24.3 Å². The number of anilines is 1. The Morgan fingerprint density at radius 3 is 1.77 bits per heavy atom. The van der Waals surface area contributed by atoms with Crippen LogP contribution in [-0.2, 0) is 48.4 Å². The molecule has 0 aliphatic heterocycles. The van der Waals surface area contributed by atoms with Crippen molar-refractivity contribution in [2.75, 3.05) is 5.73 Å². The van der Waals surface area contributed by atoms with Gasteiger partial charge >= 0.3 is 0 Å². The standard InChI is InChI=1S/C30H21N5O16S5/c31-22-13-19-14(10-28(22)56(43,44)45)9-27(54-51-48-39)29(30(19)36)35-34-25-6-5-23(17-4-2-16(12-20(17)25)55(40,41)42)32-33-24-7-8-26(53-50-47-38)21-11-15(52-49-46-37)1-3-18(21)24/h1-13,36-39H,31H2,(H,40,41,42)(H,43,44,45). The van der Waals surface area contributed by atoms with Crippen LogP contribution in [0.15, 0.2) is 124 Å². The number of nitrogen functional groups attached to an aromatic ring is 1. The fourth-order valence-corrected chi connectivity index (χ4v) is 7.79. The van der Waals surface area contributed by atoms with Crippen molar-refractivity contribution in [3.05, 3.63) is 78.9 Å². The van der Waals surface area contributed by atoms with E-state index in [1.54, 1.807) is 30.3 Å². The zero-order valence-electron chi connectivity index (χ0n) is 27.2. The molecule has 0 aliphatic rings. The Morgan fingerprint density at radius 2 is 1.12 bits per heavy atom. The number of aromatic hydroxyl groups is 1. The van der Waals surface area contributed by atoms with Gasteiger partial charge in [-0.25, -0.2) is 15.8 Å². The average Bonchev–Trinajstić information content (AvgIpc) is 3.16. The topological polar surface area (TPSA) is 320 Å². The minimum absolute atomic E-state index is 0.00232. The molecule has 6 rings (SSSR count). The van der Waals surface area contributed by atoms with Crippen molar-refractivity contribution in [3.8, 4) is 5.75 Å². The largest absolute Gasteiger partial charge is 0.505 e. The maximum Gasteiger partial charge on any atom is 0.296 e. The van der Waals surface area contributed by atoms with Crippen LogP contribution in [0.25, 0.3) is 32.3 Å². The highest BCUT2D eigenvalue weighted by Crippen LogP contribution is 2.46. The lowest BCUT2D eigenvalue weighted by Gasteiger charge is -2.12. The first-order chi connectivity index (χ1) is 26.7. The number of benzene rings is 6. The summed E-state index contributed by atoms with van der Waals surface area (Å²) >= 11 is 1.71. The highest BCUT2D eigenvalue weighted by molar-refractivity contribution is 7.95. The van der Waals surface area contributed by atoms with Gasteiger partial charge in [0, 0.05) is 36.7 Å². The van der Waals surface area contributed by atoms with Crippen molar-refractivity contribution in [3.63, 3.8) is 0 Å². The Balaban J connectivity index is 1.46. The lowest BCUT2D eigenvalue weighted by molar-refractivity contribution is -0.432. The number of hydrogen-bond acceptors (Lipinski definition) is 22. The van der Waals surface area contributed by atoms with Gasteiger partial charge in [-0.2, -0.15) is 16.8 Å². The van der Waals surface area contributed by atoms with Crippen molar-refractivity contribution in [1.82, 2.24) is 0 Å². The first kappa shape index (κ1) is 41.1. The zero-order valence-corrected chi connectivity index (χ0v) is 31.3. The molecule has 8 N–H and O–H groups in total. The van der Waals surface area contributed by atoms with Crippen LogP contribution >= 0.6 is 36.1 Å². The summed E-state index contributed by atoms with van der Waals surface area (Å²) in [4.78, 5) is -0.271. The van der Waals surface area contributed by atoms with E-state index in [-0.39, 0.29) is 43.5 Å². The average molecular weight is 868 g/mol. The van der Waals surface area contributed by atoms with Gasteiger partial charge in [0.1, 0.15) is 10.6 Å². The third-order valence-corrected chi connectivity index (χ3v) is 11.2. The molecule has 21 nitrogen and oxygen atoms in total. The maximum absolute atomic E-state index is 12.1. The monoisotopic (exact) mass is 867 g/mol. The third kappa shape index (κ3) is 9.00. The molecule has 0 saturated heterocycles. The van der Waals surface area contributed by atoms with Crippen molar-refractivity contribution in [2.24, 2.45) is 20.5 Å². The molecule has 292 valence electrons. The summed E-state index contributed by atoms with van der Waals surface area (Å²) in [5, 5.41) is 66.8. The number of rotatable bonds is 15. The van der Waals surface area contributed by atoms with Crippen LogP contribution in [-0.4, -0.2) is 46.8 Å².